The molecule has 1 amide bonds. The van der Waals surface area contributed by atoms with Crippen LogP contribution in [0.25, 0.3) is 0 Å². The number of rotatable bonds is 2. The highest BCUT2D eigenvalue weighted by Gasteiger charge is 2.08. The van der Waals surface area contributed by atoms with Crippen LogP contribution in [0.5, 0.6) is 0 Å². The van der Waals surface area contributed by atoms with Gasteiger partial charge in [-0.2, -0.15) is 0 Å². The van der Waals surface area contributed by atoms with Crippen LogP contribution in [0.2, 0.25) is 0 Å². The van der Waals surface area contributed by atoms with Gasteiger partial charge < -0.3 is 5.32 Å². The Morgan fingerprint density at radius 2 is 2.33 bits per heavy atom. The van der Waals surface area contributed by atoms with Crippen LogP contribution in [-0.4, -0.2) is 5.91 Å². The number of hydrogen-bond donors (Lipinski definition) is 1. The number of carbonyl (C=O) groups excluding carboxylic acids is 1. The van der Waals surface area contributed by atoms with E-state index in [-0.39, 0.29) is 12.1 Å². The monoisotopic (exact) mass is 269 g/mol. The van der Waals surface area contributed by atoms with Crippen LogP contribution < -0.4 is 5.32 Å². The van der Waals surface area contributed by atoms with Gasteiger partial charge in [-0.3, -0.25) is 4.79 Å². The molecule has 0 heterocycles. The second-order valence-electron chi connectivity index (χ2n) is 3.01. The summed E-state index contributed by atoms with van der Waals surface area (Å²) in [6.45, 7) is 1.81. The van der Waals surface area contributed by atoms with Crippen LogP contribution in [0, 0.1) is 25.1 Å². The molecule has 0 atom stereocenters. The molecule has 1 rings (SSSR count). The van der Waals surface area contributed by atoms with E-state index in [1.54, 1.807) is 13.0 Å². The summed E-state index contributed by atoms with van der Waals surface area (Å²) in [5.41, 5.74) is 0.989. The van der Waals surface area contributed by atoms with Crippen molar-refractivity contribution in [2.24, 2.45) is 0 Å². The molecule has 1 N–H and O–H groups in total. The van der Waals surface area contributed by atoms with Crippen LogP contribution in [0.1, 0.15) is 12.0 Å². The van der Waals surface area contributed by atoms with E-state index in [4.69, 9.17) is 6.42 Å². The number of aryl methyl sites for hydroxylation is 1. The van der Waals surface area contributed by atoms with Gasteiger partial charge in [-0.15, -0.1) is 6.42 Å². The minimum atomic E-state index is -0.488. The molecule has 0 saturated heterocycles. The van der Waals surface area contributed by atoms with Crippen LogP contribution in [0.15, 0.2) is 16.6 Å². The number of halogens is 2. The molecule has 0 saturated carbocycles. The molecule has 0 aliphatic rings. The Bertz CT molecular complexity index is 437. The van der Waals surface area contributed by atoms with Gasteiger partial charge in [0.1, 0.15) is 5.82 Å². The van der Waals surface area contributed by atoms with Gasteiger partial charge in [0.05, 0.1) is 12.1 Å². The predicted octanol–water partition coefficient (Wildman–Crippen LogP) is 2.86. The quantitative estimate of drug-likeness (QED) is 0.822. The Morgan fingerprint density at radius 1 is 1.67 bits per heavy atom. The van der Waals surface area contributed by atoms with Gasteiger partial charge in [-0.05, 0) is 24.6 Å². The second kappa shape index (κ2) is 4.94. The summed E-state index contributed by atoms with van der Waals surface area (Å²) in [4.78, 5) is 11.1. The molecule has 78 valence electrons. The third kappa shape index (κ3) is 3.07. The number of anilines is 1. The van der Waals surface area contributed by atoms with Gasteiger partial charge in [0.15, 0.2) is 0 Å². The minimum Gasteiger partial charge on any atom is -0.323 e. The Kier molecular flexibility index (Phi) is 3.87. The fraction of sp³-hybridized carbons (Fsp3) is 0.182. The third-order valence-corrected chi connectivity index (χ3v) is 2.64. The molecule has 0 aromatic heterocycles. The van der Waals surface area contributed by atoms with E-state index in [0.29, 0.717) is 4.47 Å². The molecule has 0 unspecified atom stereocenters. The molecule has 1 aromatic carbocycles. The number of nitrogens with one attached hydrogen (secondary N) is 1. The molecule has 0 fully saturated rings. The fourth-order valence-electron chi connectivity index (χ4n) is 1.04. The van der Waals surface area contributed by atoms with Crippen molar-refractivity contribution in [1.29, 1.82) is 0 Å². The van der Waals surface area contributed by atoms with Gasteiger partial charge in [0, 0.05) is 4.47 Å². The van der Waals surface area contributed by atoms with Crippen LogP contribution in [-0.2, 0) is 4.79 Å². The van der Waals surface area contributed by atoms with E-state index in [1.807, 2.05) is 0 Å². The number of hydrogen-bond acceptors (Lipinski definition) is 1. The standard InChI is InChI=1S/C11H9BrFNO/c1-3-4-11(15)14-10-5-7(2)8(12)6-9(10)13/h1,5-6H,4H2,2H3,(H,14,15). The van der Waals surface area contributed by atoms with Crippen LogP contribution in [0.3, 0.4) is 0 Å². The topological polar surface area (TPSA) is 29.1 Å². The number of carbonyl (C=O) groups is 1. The molecule has 2 nitrogen and oxygen atoms in total. The summed E-state index contributed by atoms with van der Waals surface area (Å²) >= 11 is 3.19. The van der Waals surface area contributed by atoms with Crippen molar-refractivity contribution in [2.75, 3.05) is 5.32 Å². The van der Waals surface area contributed by atoms with E-state index < -0.39 is 11.7 Å². The first-order chi connectivity index (χ1) is 7.04. The Morgan fingerprint density at radius 3 is 2.93 bits per heavy atom. The second-order valence-corrected chi connectivity index (χ2v) is 3.86. The van der Waals surface area contributed by atoms with E-state index in [0.717, 1.165) is 5.56 Å². The highest BCUT2D eigenvalue weighted by atomic mass is 79.9. The highest BCUT2D eigenvalue weighted by Crippen LogP contribution is 2.23. The maximum absolute atomic E-state index is 13.3. The van der Waals surface area contributed by atoms with Crippen molar-refractivity contribution in [3.05, 3.63) is 28.0 Å². The predicted molar refractivity (Wildman–Crippen MR) is 60.9 cm³/mol. The summed E-state index contributed by atoms with van der Waals surface area (Å²) in [5.74, 6) is 1.31. The van der Waals surface area contributed by atoms with Crippen LogP contribution >= 0.6 is 15.9 Å². The lowest BCUT2D eigenvalue weighted by Gasteiger charge is -2.07. The largest absolute Gasteiger partial charge is 0.323 e. The summed E-state index contributed by atoms with van der Waals surface area (Å²) < 4.78 is 14.0. The number of terminal acetylenes is 1. The Hall–Kier alpha value is -1.34. The van der Waals surface area contributed by atoms with E-state index in [2.05, 4.69) is 27.2 Å². The molecule has 0 aliphatic carbocycles. The number of benzene rings is 1. The van der Waals surface area contributed by atoms with Crippen molar-refractivity contribution in [2.45, 2.75) is 13.3 Å². The summed E-state index contributed by atoms with van der Waals surface area (Å²) in [7, 11) is 0. The summed E-state index contributed by atoms with van der Waals surface area (Å²) in [6, 6.07) is 2.86. The summed E-state index contributed by atoms with van der Waals surface area (Å²) in [6.07, 6.45) is 4.90. The molecule has 0 aliphatic heterocycles. The molecule has 0 spiro atoms. The molecule has 15 heavy (non-hydrogen) atoms. The normalized spacial score (nSPS) is 9.47. The van der Waals surface area contributed by atoms with Gasteiger partial charge in [-0.1, -0.05) is 21.9 Å². The molecular formula is C11H9BrFNO. The minimum absolute atomic E-state index is 0.0610. The zero-order chi connectivity index (χ0) is 11.4. The molecule has 1 aromatic rings. The third-order valence-electron chi connectivity index (χ3n) is 1.79. The molecular weight excluding hydrogens is 261 g/mol. The zero-order valence-electron chi connectivity index (χ0n) is 8.10. The summed E-state index contributed by atoms with van der Waals surface area (Å²) in [5, 5.41) is 2.40. The van der Waals surface area contributed by atoms with E-state index in [9.17, 15) is 9.18 Å². The first-order valence-electron chi connectivity index (χ1n) is 4.23. The Balaban J connectivity index is 2.92. The lowest BCUT2D eigenvalue weighted by atomic mass is 10.2. The lowest BCUT2D eigenvalue weighted by Crippen LogP contribution is -2.11. The highest BCUT2D eigenvalue weighted by molar-refractivity contribution is 9.10. The first kappa shape index (κ1) is 11.7. The van der Waals surface area contributed by atoms with Gasteiger partial charge in [0.2, 0.25) is 5.91 Å². The SMILES string of the molecule is C#CCC(=O)Nc1cc(C)c(Br)cc1F. The average Bonchev–Trinajstić information content (AvgIpc) is 2.14. The zero-order valence-corrected chi connectivity index (χ0v) is 9.69. The molecule has 0 radical (unpaired) electrons. The average molecular weight is 270 g/mol. The van der Waals surface area contributed by atoms with Crippen molar-refractivity contribution in [3.63, 3.8) is 0 Å². The van der Waals surface area contributed by atoms with Gasteiger partial charge in [-0.25, -0.2) is 4.39 Å². The fourth-order valence-corrected chi connectivity index (χ4v) is 1.36. The number of amides is 1. The van der Waals surface area contributed by atoms with E-state index in [1.165, 1.54) is 6.07 Å². The lowest BCUT2D eigenvalue weighted by molar-refractivity contribution is -0.115. The van der Waals surface area contributed by atoms with Crippen molar-refractivity contribution in [3.8, 4) is 12.3 Å². The maximum Gasteiger partial charge on any atom is 0.236 e. The van der Waals surface area contributed by atoms with Gasteiger partial charge >= 0.3 is 0 Å². The van der Waals surface area contributed by atoms with Crippen molar-refractivity contribution in [1.82, 2.24) is 0 Å². The van der Waals surface area contributed by atoms with Crippen LogP contribution in [0.4, 0.5) is 10.1 Å². The van der Waals surface area contributed by atoms with Crippen molar-refractivity contribution >= 4 is 27.5 Å². The maximum atomic E-state index is 13.3. The van der Waals surface area contributed by atoms with E-state index >= 15 is 0 Å². The van der Waals surface area contributed by atoms with Gasteiger partial charge in [0.25, 0.3) is 0 Å². The molecule has 0 bridgehead atoms. The van der Waals surface area contributed by atoms with Crippen molar-refractivity contribution < 1.29 is 9.18 Å². The molecule has 4 heteroatoms. The first-order valence-corrected chi connectivity index (χ1v) is 5.03. The smallest absolute Gasteiger partial charge is 0.236 e. The Labute approximate surface area is 96.0 Å².